The molecule has 0 N–H and O–H groups in total. The van der Waals surface area contributed by atoms with E-state index in [4.69, 9.17) is 14.2 Å². The summed E-state index contributed by atoms with van der Waals surface area (Å²) in [5.74, 6) is -1.02. The number of hydrogen-bond donors (Lipinski definition) is 0. The Hall–Kier alpha value is -4.19. The zero-order valence-electron chi connectivity index (χ0n) is 41.0. The van der Waals surface area contributed by atoms with Crippen molar-refractivity contribution in [2.45, 2.75) is 213 Å². The van der Waals surface area contributed by atoms with Gasteiger partial charge in [-0.3, -0.25) is 14.4 Å². The molecule has 0 aliphatic heterocycles. The van der Waals surface area contributed by atoms with Crippen LogP contribution in [0.15, 0.2) is 122 Å². The van der Waals surface area contributed by atoms with Gasteiger partial charge in [-0.2, -0.15) is 0 Å². The van der Waals surface area contributed by atoms with Crippen molar-refractivity contribution < 1.29 is 28.6 Å². The lowest BCUT2D eigenvalue weighted by atomic mass is 10.1. The molecule has 0 saturated heterocycles. The van der Waals surface area contributed by atoms with Gasteiger partial charge in [0.15, 0.2) is 6.10 Å². The molecule has 0 aromatic heterocycles. The van der Waals surface area contributed by atoms with Gasteiger partial charge >= 0.3 is 17.9 Å². The molecule has 0 radical (unpaired) electrons. The Kier molecular flexibility index (Phi) is 48.1. The zero-order valence-corrected chi connectivity index (χ0v) is 41.0. The Balaban J connectivity index is 4.51. The van der Waals surface area contributed by atoms with Gasteiger partial charge in [0.1, 0.15) is 13.2 Å². The normalized spacial score (nSPS) is 13.1. The minimum atomic E-state index is -0.818. The Bertz CT molecular complexity index is 1390. The Morgan fingerprint density at radius 3 is 1.11 bits per heavy atom. The first-order valence-corrected chi connectivity index (χ1v) is 25.7. The predicted octanol–water partition coefficient (Wildman–Crippen LogP) is 16.9. The molecule has 360 valence electrons. The maximum atomic E-state index is 12.8. The highest BCUT2D eigenvalue weighted by atomic mass is 16.6. The highest BCUT2D eigenvalue weighted by Crippen LogP contribution is 2.12. The lowest BCUT2D eigenvalue weighted by molar-refractivity contribution is -0.167. The van der Waals surface area contributed by atoms with E-state index in [1.807, 2.05) is 72.9 Å². The Morgan fingerprint density at radius 1 is 0.328 bits per heavy atom. The van der Waals surface area contributed by atoms with Crippen molar-refractivity contribution in [2.75, 3.05) is 13.2 Å². The van der Waals surface area contributed by atoms with E-state index in [1.54, 1.807) is 0 Å². The minimum Gasteiger partial charge on any atom is -0.462 e. The fourth-order valence-corrected chi connectivity index (χ4v) is 6.54. The van der Waals surface area contributed by atoms with E-state index in [2.05, 4.69) is 69.4 Å². The molecule has 0 rings (SSSR count). The van der Waals surface area contributed by atoms with Crippen LogP contribution in [0.1, 0.15) is 207 Å². The standard InChI is InChI=1S/C58H92O6/c1-4-7-10-13-16-19-21-23-25-27-29-31-32-34-36-39-42-45-48-51-57(60)63-54-55(53-62-56(59)50-47-44-41-38-18-15-12-9-6-3)64-58(61)52-49-46-43-40-37-35-33-30-28-26-24-22-20-17-14-11-8-5-2/h7,10,13,16,19,21,23,25-34,36,38,41,55H,4-6,8-9,11-12,14-15,17-18,20,22,24,35,37,39-40,42-54H2,1-3H3/b10-7-,16-13-,21-19-,25-23-,28-26-,29-27+,32-31-,33-30-,36-34-,41-38-. The second kappa shape index (κ2) is 51.4. The smallest absolute Gasteiger partial charge is 0.306 e. The second-order valence-electron chi connectivity index (χ2n) is 16.6. The van der Waals surface area contributed by atoms with Crippen LogP contribution >= 0.6 is 0 Å². The summed E-state index contributed by atoms with van der Waals surface area (Å²) in [5.41, 5.74) is 0. The molecule has 1 atom stereocenters. The number of carbonyl (C=O) groups is 3. The summed E-state index contributed by atoms with van der Waals surface area (Å²) in [6.45, 7) is 6.35. The van der Waals surface area contributed by atoms with Crippen molar-refractivity contribution in [1.82, 2.24) is 0 Å². The molecule has 64 heavy (non-hydrogen) atoms. The predicted molar refractivity (Wildman–Crippen MR) is 274 cm³/mol. The number of unbranched alkanes of at least 4 members (excludes halogenated alkanes) is 20. The lowest BCUT2D eigenvalue weighted by Crippen LogP contribution is -2.30. The van der Waals surface area contributed by atoms with Crippen molar-refractivity contribution in [3.8, 4) is 0 Å². The zero-order chi connectivity index (χ0) is 46.5. The quantitative estimate of drug-likeness (QED) is 0.0199. The van der Waals surface area contributed by atoms with Gasteiger partial charge in [-0.15, -0.1) is 0 Å². The van der Waals surface area contributed by atoms with Crippen molar-refractivity contribution in [3.05, 3.63) is 122 Å². The first kappa shape index (κ1) is 59.8. The highest BCUT2D eigenvalue weighted by Gasteiger charge is 2.19. The monoisotopic (exact) mass is 885 g/mol. The number of carbonyl (C=O) groups excluding carboxylic acids is 3. The molecule has 6 nitrogen and oxygen atoms in total. The van der Waals surface area contributed by atoms with Gasteiger partial charge in [-0.1, -0.05) is 226 Å². The largest absolute Gasteiger partial charge is 0.462 e. The summed E-state index contributed by atoms with van der Waals surface area (Å²) in [6, 6.07) is 0. The average molecular weight is 885 g/mol. The summed E-state index contributed by atoms with van der Waals surface area (Å²) in [7, 11) is 0. The van der Waals surface area contributed by atoms with Crippen LogP contribution in [0.25, 0.3) is 0 Å². The summed E-state index contributed by atoms with van der Waals surface area (Å²) >= 11 is 0. The lowest BCUT2D eigenvalue weighted by Gasteiger charge is -2.18. The highest BCUT2D eigenvalue weighted by molar-refractivity contribution is 5.71. The number of esters is 3. The van der Waals surface area contributed by atoms with Crippen LogP contribution < -0.4 is 0 Å². The molecule has 0 heterocycles. The van der Waals surface area contributed by atoms with E-state index < -0.39 is 6.10 Å². The first-order valence-electron chi connectivity index (χ1n) is 25.7. The van der Waals surface area contributed by atoms with Crippen molar-refractivity contribution in [3.63, 3.8) is 0 Å². The summed E-state index contributed by atoms with van der Waals surface area (Å²) in [5, 5.41) is 0. The topological polar surface area (TPSA) is 78.9 Å². The molecule has 0 bridgehead atoms. The molecule has 0 saturated carbocycles. The molecule has 0 amide bonds. The van der Waals surface area contributed by atoms with Gasteiger partial charge in [0.05, 0.1) is 0 Å². The molecule has 1 unspecified atom stereocenters. The molecule has 0 aliphatic rings. The fraction of sp³-hybridized carbons (Fsp3) is 0.603. The number of ether oxygens (including phenoxy) is 3. The van der Waals surface area contributed by atoms with E-state index in [0.717, 1.165) is 83.5 Å². The van der Waals surface area contributed by atoms with Gasteiger partial charge in [-0.05, 0) is 83.5 Å². The summed E-state index contributed by atoms with van der Waals surface area (Å²) in [4.78, 5) is 37.9. The van der Waals surface area contributed by atoms with E-state index >= 15 is 0 Å². The molecule has 0 aliphatic carbocycles. The Labute approximate surface area is 392 Å². The third kappa shape index (κ3) is 48.8. The second-order valence-corrected chi connectivity index (χ2v) is 16.6. The van der Waals surface area contributed by atoms with Crippen LogP contribution in [0.3, 0.4) is 0 Å². The van der Waals surface area contributed by atoms with Crippen molar-refractivity contribution >= 4 is 17.9 Å². The van der Waals surface area contributed by atoms with E-state index in [0.29, 0.717) is 25.7 Å². The van der Waals surface area contributed by atoms with Gasteiger partial charge in [-0.25, -0.2) is 0 Å². The van der Waals surface area contributed by atoms with Crippen molar-refractivity contribution in [1.29, 1.82) is 0 Å². The molecule has 6 heteroatoms. The van der Waals surface area contributed by atoms with E-state index in [-0.39, 0.29) is 31.1 Å². The third-order valence-electron chi connectivity index (χ3n) is 10.4. The number of rotatable bonds is 44. The van der Waals surface area contributed by atoms with Crippen LogP contribution in [0, 0.1) is 0 Å². The molecular weight excluding hydrogens is 793 g/mol. The average Bonchev–Trinajstić information content (AvgIpc) is 3.29. The van der Waals surface area contributed by atoms with Crippen LogP contribution in [0.2, 0.25) is 0 Å². The molecule has 0 aromatic carbocycles. The van der Waals surface area contributed by atoms with Crippen LogP contribution in [-0.4, -0.2) is 37.2 Å². The molecular formula is C58H92O6. The summed E-state index contributed by atoms with van der Waals surface area (Å²) in [6.07, 6.45) is 70.5. The third-order valence-corrected chi connectivity index (χ3v) is 10.4. The van der Waals surface area contributed by atoms with Gasteiger partial charge in [0.2, 0.25) is 0 Å². The van der Waals surface area contributed by atoms with Gasteiger partial charge in [0, 0.05) is 19.3 Å². The van der Waals surface area contributed by atoms with E-state index in [1.165, 1.54) is 77.0 Å². The van der Waals surface area contributed by atoms with Gasteiger partial charge in [0.25, 0.3) is 0 Å². The Morgan fingerprint density at radius 2 is 0.641 bits per heavy atom. The SMILES string of the molecule is CC\C=C/C=C\C=C/C=C\C=C\C=C/C=C\CCCCCC(=O)OCC(COC(=O)CCC/C=C\CCCCCC)OC(=O)CCCCCCC/C=C\C=C/CCCCCCCCC. The maximum absolute atomic E-state index is 12.8. The van der Waals surface area contributed by atoms with Crippen molar-refractivity contribution in [2.24, 2.45) is 0 Å². The van der Waals surface area contributed by atoms with Gasteiger partial charge < -0.3 is 14.2 Å². The minimum absolute atomic E-state index is 0.118. The molecule has 0 fully saturated rings. The fourth-order valence-electron chi connectivity index (χ4n) is 6.54. The number of allylic oxidation sites excluding steroid dienone is 20. The molecule has 0 aromatic rings. The first-order chi connectivity index (χ1) is 31.5. The maximum Gasteiger partial charge on any atom is 0.306 e. The summed E-state index contributed by atoms with van der Waals surface area (Å²) < 4.78 is 16.7. The number of hydrogen-bond acceptors (Lipinski definition) is 6. The van der Waals surface area contributed by atoms with Crippen LogP contribution in [0.4, 0.5) is 0 Å². The van der Waals surface area contributed by atoms with Crippen LogP contribution in [0.5, 0.6) is 0 Å². The van der Waals surface area contributed by atoms with Crippen LogP contribution in [-0.2, 0) is 28.6 Å². The molecule has 0 spiro atoms. The van der Waals surface area contributed by atoms with E-state index in [9.17, 15) is 14.4 Å².